The molecule has 0 atom stereocenters. The average molecular weight is 396 g/mol. The Hall–Kier alpha value is -2.53. The van der Waals surface area contributed by atoms with Gasteiger partial charge in [-0.15, -0.1) is 0 Å². The zero-order chi connectivity index (χ0) is 19.9. The molecule has 0 aliphatic carbocycles. The van der Waals surface area contributed by atoms with Crippen molar-refractivity contribution in [3.05, 3.63) is 65.1 Å². The molecule has 0 unspecified atom stereocenters. The minimum Gasteiger partial charge on any atom is -0.496 e. The quantitative estimate of drug-likeness (QED) is 0.435. The summed E-state index contributed by atoms with van der Waals surface area (Å²) < 4.78 is 5.46. The lowest BCUT2D eigenvalue weighted by Crippen LogP contribution is -2.32. The van der Waals surface area contributed by atoms with Crippen molar-refractivity contribution >= 4 is 29.1 Å². The number of hydrogen-bond donors (Lipinski definition) is 0. The van der Waals surface area contributed by atoms with Crippen molar-refractivity contribution in [3.63, 3.8) is 0 Å². The standard InChI is InChI=1S/C23H25NO3S/c1-3-4-5-11-16-24-22(25)20(18-14-9-10-15-19(18)27-2)21(23(24)26)28-17-12-7-6-8-13-17/h6-10,12-15H,3-5,11,16H2,1-2H3. The van der Waals surface area contributed by atoms with Gasteiger partial charge < -0.3 is 4.74 Å². The number of thioether (sulfide) groups is 1. The van der Waals surface area contributed by atoms with Crippen LogP contribution in [-0.4, -0.2) is 30.4 Å². The van der Waals surface area contributed by atoms with E-state index in [-0.39, 0.29) is 11.8 Å². The lowest BCUT2D eigenvalue weighted by Gasteiger charge is -2.15. The molecule has 0 radical (unpaired) electrons. The molecule has 2 aromatic carbocycles. The Morgan fingerprint density at radius 3 is 2.32 bits per heavy atom. The molecular weight excluding hydrogens is 370 g/mol. The van der Waals surface area contributed by atoms with E-state index in [0.29, 0.717) is 28.3 Å². The van der Waals surface area contributed by atoms with E-state index in [1.54, 1.807) is 7.11 Å². The van der Waals surface area contributed by atoms with E-state index < -0.39 is 0 Å². The zero-order valence-electron chi connectivity index (χ0n) is 16.3. The molecule has 146 valence electrons. The molecule has 0 saturated heterocycles. The van der Waals surface area contributed by atoms with Crippen molar-refractivity contribution in [2.24, 2.45) is 0 Å². The third kappa shape index (κ3) is 4.30. The highest BCUT2D eigenvalue weighted by Crippen LogP contribution is 2.42. The van der Waals surface area contributed by atoms with Crippen LogP contribution < -0.4 is 4.74 Å². The molecule has 2 aromatic rings. The number of carbonyl (C=O) groups excluding carboxylic acids is 2. The summed E-state index contributed by atoms with van der Waals surface area (Å²) in [4.78, 5) is 29.2. The first-order chi connectivity index (χ1) is 13.7. The van der Waals surface area contributed by atoms with Gasteiger partial charge in [-0.05, 0) is 24.6 Å². The number of nitrogens with zero attached hydrogens (tertiary/aromatic N) is 1. The second-order valence-electron chi connectivity index (χ2n) is 6.64. The SMILES string of the molecule is CCCCCCN1C(=O)C(Sc2ccccc2)=C(c2ccccc2OC)C1=O. The maximum atomic E-state index is 13.2. The molecule has 0 saturated carbocycles. The second-order valence-corrected chi connectivity index (χ2v) is 7.73. The largest absolute Gasteiger partial charge is 0.496 e. The van der Waals surface area contributed by atoms with E-state index in [1.165, 1.54) is 16.7 Å². The van der Waals surface area contributed by atoms with Gasteiger partial charge in [0.1, 0.15) is 5.75 Å². The van der Waals surface area contributed by atoms with Crippen LogP contribution in [0.15, 0.2) is 64.4 Å². The summed E-state index contributed by atoms with van der Waals surface area (Å²) in [7, 11) is 1.58. The predicted molar refractivity (Wildman–Crippen MR) is 113 cm³/mol. The molecule has 2 amide bonds. The van der Waals surface area contributed by atoms with E-state index in [9.17, 15) is 9.59 Å². The fraction of sp³-hybridized carbons (Fsp3) is 0.304. The Labute approximate surface area is 170 Å². The molecule has 5 heteroatoms. The van der Waals surface area contributed by atoms with Crippen LogP contribution in [0.3, 0.4) is 0 Å². The third-order valence-electron chi connectivity index (χ3n) is 4.70. The van der Waals surface area contributed by atoms with Gasteiger partial charge in [-0.1, -0.05) is 74.3 Å². The Morgan fingerprint density at radius 1 is 0.893 bits per heavy atom. The monoisotopic (exact) mass is 395 g/mol. The first-order valence-corrected chi connectivity index (χ1v) is 10.5. The van der Waals surface area contributed by atoms with E-state index in [1.807, 2.05) is 54.6 Å². The summed E-state index contributed by atoms with van der Waals surface area (Å²) in [5, 5.41) is 0. The smallest absolute Gasteiger partial charge is 0.268 e. The molecule has 1 aliphatic rings. The van der Waals surface area contributed by atoms with Crippen molar-refractivity contribution in [1.29, 1.82) is 0 Å². The molecule has 1 aliphatic heterocycles. The minimum atomic E-state index is -0.232. The summed E-state index contributed by atoms with van der Waals surface area (Å²) in [6.07, 6.45) is 4.06. The Kier molecular flexibility index (Phi) is 6.93. The van der Waals surface area contributed by atoms with Crippen LogP contribution in [0.4, 0.5) is 0 Å². The number of unbranched alkanes of at least 4 members (excludes halogenated alkanes) is 3. The van der Waals surface area contributed by atoms with Crippen LogP contribution in [0.2, 0.25) is 0 Å². The highest BCUT2D eigenvalue weighted by molar-refractivity contribution is 8.04. The summed E-state index contributed by atoms with van der Waals surface area (Å²) >= 11 is 1.34. The van der Waals surface area contributed by atoms with E-state index in [2.05, 4.69) is 6.92 Å². The number of methoxy groups -OCH3 is 1. The molecule has 3 rings (SSSR count). The topological polar surface area (TPSA) is 46.6 Å². The zero-order valence-corrected chi connectivity index (χ0v) is 17.1. The normalized spacial score (nSPS) is 14.1. The van der Waals surface area contributed by atoms with Gasteiger partial charge >= 0.3 is 0 Å². The molecular formula is C23H25NO3S. The van der Waals surface area contributed by atoms with Gasteiger partial charge in [0.25, 0.3) is 11.8 Å². The van der Waals surface area contributed by atoms with Crippen molar-refractivity contribution in [2.45, 2.75) is 37.5 Å². The molecule has 1 heterocycles. The van der Waals surface area contributed by atoms with Crippen LogP contribution in [0.1, 0.15) is 38.2 Å². The number of ether oxygens (including phenoxy) is 1. The maximum Gasteiger partial charge on any atom is 0.268 e. The number of imide groups is 1. The molecule has 28 heavy (non-hydrogen) atoms. The Balaban J connectivity index is 1.97. The van der Waals surface area contributed by atoms with E-state index >= 15 is 0 Å². The van der Waals surface area contributed by atoms with Crippen LogP contribution in [0.25, 0.3) is 5.57 Å². The molecule has 0 spiro atoms. The van der Waals surface area contributed by atoms with Gasteiger partial charge in [0.2, 0.25) is 0 Å². The summed E-state index contributed by atoms with van der Waals surface area (Å²) in [6.45, 7) is 2.59. The predicted octanol–water partition coefficient (Wildman–Crippen LogP) is 5.15. The Bertz CT molecular complexity index is 876. The maximum absolute atomic E-state index is 13.2. The Morgan fingerprint density at radius 2 is 1.61 bits per heavy atom. The lowest BCUT2D eigenvalue weighted by molar-refractivity contribution is -0.136. The highest BCUT2D eigenvalue weighted by atomic mass is 32.2. The van der Waals surface area contributed by atoms with Crippen molar-refractivity contribution in [2.75, 3.05) is 13.7 Å². The first-order valence-electron chi connectivity index (χ1n) is 9.64. The van der Waals surface area contributed by atoms with E-state index in [4.69, 9.17) is 4.74 Å². The number of rotatable bonds is 9. The number of hydrogen-bond acceptors (Lipinski definition) is 4. The number of carbonyl (C=O) groups is 2. The number of amides is 2. The molecule has 4 nitrogen and oxygen atoms in total. The number of benzene rings is 2. The molecule has 0 bridgehead atoms. The van der Waals surface area contributed by atoms with Gasteiger partial charge in [0.05, 0.1) is 17.6 Å². The van der Waals surface area contributed by atoms with E-state index in [0.717, 1.165) is 30.6 Å². The number of para-hydroxylation sites is 1. The summed E-state index contributed by atoms with van der Waals surface area (Å²) in [5.74, 6) is 0.151. The molecule has 0 N–H and O–H groups in total. The fourth-order valence-electron chi connectivity index (χ4n) is 3.24. The summed E-state index contributed by atoms with van der Waals surface area (Å²) in [5.41, 5.74) is 1.10. The van der Waals surface area contributed by atoms with Gasteiger partial charge in [-0.2, -0.15) is 0 Å². The highest BCUT2D eigenvalue weighted by Gasteiger charge is 2.40. The summed E-state index contributed by atoms with van der Waals surface area (Å²) in [6, 6.07) is 17.0. The van der Waals surface area contributed by atoms with Crippen molar-refractivity contribution < 1.29 is 14.3 Å². The van der Waals surface area contributed by atoms with Gasteiger partial charge in [0, 0.05) is 17.0 Å². The molecule has 0 fully saturated rings. The average Bonchev–Trinajstić information content (AvgIpc) is 2.95. The van der Waals surface area contributed by atoms with Gasteiger partial charge in [-0.3, -0.25) is 14.5 Å². The van der Waals surface area contributed by atoms with Crippen LogP contribution in [-0.2, 0) is 9.59 Å². The molecule has 0 aromatic heterocycles. The van der Waals surface area contributed by atoms with Gasteiger partial charge in [-0.25, -0.2) is 0 Å². The lowest BCUT2D eigenvalue weighted by atomic mass is 10.0. The fourth-order valence-corrected chi connectivity index (χ4v) is 4.27. The van der Waals surface area contributed by atoms with Crippen molar-refractivity contribution in [1.82, 2.24) is 4.90 Å². The van der Waals surface area contributed by atoms with Crippen molar-refractivity contribution in [3.8, 4) is 5.75 Å². The third-order valence-corrected chi connectivity index (χ3v) is 5.79. The second kappa shape index (κ2) is 9.60. The minimum absolute atomic E-state index is 0.212. The van der Waals surface area contributed by atoms with Crippen LogP contribution in [0.5, 0.6) is 5.75 Å². The van der Waals surface area contributed by atoms with Crippen LogP contribution in [0, 0.1) is 0 Å². The van der Waals surface area contributed by atoms with Gasteiger partial charge in [0.15, 0.2) is 0 Å². The van der Waals surface area contributed by atoms with Crippen LogP contribution >= 0.6 is 11.8 Å². The first kappa shape index (κ1) is 20.2.